The highest BCUT2D eigenvalue weighted by molar-refractivity contribution is 6.10. The maximum absolute atomic E-state index is 13.8. The number of nitrogens with zero attached hydrogens (tertiary/aromatic N) is 1. The van der Waals surface area contributed by atoms with Gasteiger partial charge in [0.05, 0.1) is 17.0 Å². The van der Waals surface area contributed by atoms with Crippen molar-refractivity contribution in [1.29, 1.82) is 0 Å². The standard InChI is InChI=1S/C30H29NO3/c1-17-7-13-22(14-8-17)31-26(20-9-11-21(12-10-20)30(4,5)6)25-27(32)23-15-18(2)19(3)16-24(23)34-28(25)29(31)33/h7-16,26H,1-6H3. The zero-order valence-electron chi connectivity index (χ0n) is 20.5. The molecule has 0 saturated heterocycles. The largest absolute Gasteiger partial charge is 0.450 e. The van der Waals surface area contributed by atoms with Crippen LogP contribution < -0.4 is 10.3 Å². The summed E-state index contributed by atoms with van der Waals surface area (Å²) >= 11 is 0. The molecule has 4 aromatic rings. The van der Waals surface area contributed by atoms with Gasteiger partial charge in [0.1, 0.15) is 5.58 Å². The molecule has 1 atom stereocenters. The molecule has 0 saturated carbocycles. The van der Waals surface area contributed by atoms with Crippen molar-refractivity contribution >= 4 is 22.6 Å². The van der Waals surface area contributed by atoms with Crippen molar-refractivity contribution in [3.8, 4) is 0 Å². The third kappa shape index (κ3) is 3.45. The van der Waals surface area contributed by atoms with Crippen molar-refractivity contribution in [3.05, 3.63) is 110 Å². The van der Waals surface area contributed by atoms with Gasteiger partial charge in [0.25, 0.3) is 5.91 Å². The zero-order valence-corrected chi connectivity index (χ0v) is 20.5. The summed E-state index contributed by atoms with van der Waals surface area (Å²) in [5, 5.41) is 0.511. The van der Waals surface area contributed by atoms with E-state index in [0.29, 0.717) is 16.5 Å². The van der Waals surface area contributed by atoms with E-state index in [9.17, 15) is 9.59 Å². The summed E-state index contributed by atoms with van der Waals surface area (Å²) in [6, 6.07) is 19.2. The fourth-order valence-electron chi connectivity index (χ4n) is 4.68. The van der Waals surface area contributed by atoms with E-state index in [2.05, 4.69) is 32.9 Å². The molecule has 4 nitrogen and oxygen atoms in total. The number of anilines is 1. The van der Waals surface area contributed by atoms with Gasteiger partial charge in [-0.3, -0.25) is 14.5 Å². The molecule has 5 rings (SSSR count). The highest BCUT2D eigenvalue weighted by Gasteiger charge is 2.43. The van der Waals surface area contributed by atoms with E-state index >= 15 is 0 Å². The molecular formula is C30H29NO3. The van der Waals surface area contributed by atoms with Crippen molar-refractivity contribution in [2.75, 3.05) is 4.90 Å². The molecule has 2 heterocycles. The topological polar surface area (TPSA) is 50.5 Å². The minimum absolute atomic E-state index is 0.00317. The minimum atomic E-state index is -0.554. The van der Waals surface area contributed by atoms with Crippen molar-refractivity contribution in [2.45, 2.75) is 53.0 Å². The molecule has 1 aromatic heterocycles. The second-order valence-electron chi connectivity index (χ2n) is 10.4. The third-order valence-electron chi connectivity index (χ3n) is 6.89. The normalized spacial score (nSPS) is 15.8. The Balaban J connectivity index is 1.78. The van der Waals surface area contributed by atoms with Crippen LogP contribution in [0.1, 0.15) is 70.7 Å². The van der Waals surface area contributed by atoms with Crippen LogP contribution in [0.4, 0.5) is 5.69 Å². The van der Waals surface area contributed by atoms with Gasteiger partial charge in [-0.1, -0.05) is 62.7 Å². The lowest BCUT2D eigenvalue weighted by atomic mass is 9.85. The molecular weight excluding hydrogens is 422 g/mol. The summed E-state index contributed by atoms with van der Waals surface area (Å²) in [6.07, 6.45) is 0. The summed E-state index contributed by atoms with van der Waals surface area (Å²) in [4.78, 5) is 29.3. The van der Waals surface area contributed by atoms with E-state index in [1.165, 1.54) is 5.56 Å². The van der Waals surface area contributed by atoms with Gasteiger partial charge in [-0.2, -0.15) is 0 Å². The smallest absolute Gasteiger partial charge is 0.295 e. The zero-order chi connectivity index (χ0) is 24.4. The number of amides is 1. The number of aryl methyl sites for hydroxylation is 3. The Labute approximate surface area is 199 Å². The number of rotatable bonds is 2. The molecule has 0 N–H and O–H groups in total. The SMILES string of the molecule is Cc1ccc(N2C(=O)c3oc4cc(C)c(C)cc4c(=O)c3C2c2ccc(C(C)(C)C)cc2)cc1. The average molecular weight is 452 g/mol. The first-order valence-corrected chi connectivity index (χ1v) is 11.6. The van der Waals surface area contributed by atoms with Crippen LogP contribution in [0.2, 0.25) is 0 Å². The van der Waals surface area contributed by atoms with Gasteiger partial charge in [-0.25, -0.2) is 0 Å². The summed E-state index contributed by atoms with van der Waals surface area (Å²) in [7, 11) is 0. The number of carbonyl (C=O) groups is 1. The van der Waals surface area contributed by atoms with Crippen LogP contribution in [0.15, 0.2) is 69.9 Å². The van der Waals surface area contributed by atoms with Crippen LogP contribution in [-0.2, 0) is 5.41 Å². The minimum Gasteiger partial charge on any atom is -0.450 e. The van der Waals surface area contributed by atoms with E-state index in [4.69, 9.17) is 4.42 Å². The van der Waals surface area contributed by atoms with Crippen molar-refractivity contribution in [2.24, 2.45) is 0 Å². The predicted molar refractivity (Wildman–Crippen MR) is 137 cm³/mol. The summed E-state index contributed by atoms with van der Waals surface area (Å²) < 4.78 is 6.15. The third-order valence-corrected chi connectivity index (χ3v) is 6.89. The summed E-state index contributed by atoms with van der Waals surface area (Å²) in [5.74, 6) is -0.160. The quantitative estimate of drug-likeness (QED) is 0.338. The Morgan fingerprint density at radius 3 is 2.06 bits per heavy atom. The number of carbonyl (C=O) groups excluding carboxylic acids is 1. The summed E-state index contributed by atoms with van der Waals surface area (Å²) in [6.45, 7) is 12.5. The monoisotopic (exact) mass is 451 g/mol. The van der Waals surface area contributed by atoms with Crippen LogP contribution in [0, 0.1) is 20.8 Å². The number of hydrogen-bond acceptors (Lipinski definition) is 3. The highest BCUT2D eigenvalue weighted by atomic mass is 16.3. The van der Waals surface area contributed by atoms with Crippen LogP contribution in [0.3, 0.4) is 0 Å². The van der Waals surface area contributed by atoms with E-state index in [1.807, 2.05) is 69.3 Å². The van der Waals surface area contributed by atoms with Crippen LogP contribution in [0.5, 0.6) is 0 Å². The van der Waals surface area contributed by atoms with Gasteiger partial charge in [0, 0.05) is 5.69 Å². The maximum Gasteiger partial charge on any atom is 0.295 e. The van der Waals surface area contributed by atoms with E-state index in [0.717, 1.165) is 27.9 Å². The average Bonchev–Trinajstić information content (AvgIpc) is 3.08. The highest BCUT2D eigenvalue weighted by Crippen LogP contribution is 2.41. The van der Waals surface area contributed by atoms with Crippen molar-refractivity contribution < 1.29 is 9.21 Å². The molecule has 0 bridgehead atoms. The molecule has 0 spiro atoms. The van der Waals surface area contributed by atoms with Gasteiger partial charge >= 0.3 is 0 Å². The number of hydrogen-bond donors (Lipinski definition) is 0. The Morgan fingerprint density at radius 2 is 1.44 bits per heavy atom. The van der Waals surface area contributed by atoms with Crippen molar-refractivity contribution in [3.63, 3.8) is 0 Å². The molecule has 0 fully saturated rings. The second-order valence-corrected chi connectivity index (χ2v) is 10.4. The number of benzene rings is 3. The van der Waals surface area contributed by atoms with Crippen molar-refractivity contribution in [1.82, 2.24) is 0 Å². The Hall–Kier alpha value is -3.66. The molecule has 0 radical (unpaired) electrons. The molecule has 4 heteroatoms. The molecule has 1 amide bonds. The second kappa shape index (κ2) is 7.69. The van der Waals surface area contributed by atoms with Gasteiger partial charge in [0.2, 0.25) is 5.76 Å². The van der Waals surface area contributed by atoms with E-state index < -0.39 is 6.04 Å². The predicted octanol–water partition coefficient (Wildman–Crippen LogP) is 6.77. The molecule has 34 heavy (non-hydrogen) atoms. The van der Waals surface area contributed by atoms with Crippen LogP contribution >= 0.6 is 0 Å². The van der Waals surface area contributed by atoms with Gasteiger partial charge in [-0.15, -0.1) is 0 Å². The fourth-order valence-corrected chi connectivity index (χ4v) is 4.68. The van der Waals surface area contributed by atoms with Crippen LogP contribution in [0.25, 0.3) is 11.0 Å². The first kappa shape index (κ1) is 22.1. The lowest BCUT2D eigenvalue weighted by Crippen LogP contribution is -2.29. The van der Waals surface area contributed by atoms with Gasteiger partial charge in [0.15, 0.2) is 5.43 Å². The van der Waals surface area contributed by atoms with Gasteiger partial charge in [-0.05, 0) is 72.7 Å². The molecule has 1 unspecified atom stereocenters. The molecule has 3 aromatic carbocycles. The molecule has 1 aliphatic heterocycles. The Bertz CT molecular complexity index is 1490. The van der Waals surface area contributed by atoms with Gasteiger partial charge < -0.3 is 4.42 Å². The van der Waals surface area contributed by atoms with E-state index in [-0.39, 0.29) is 22.5 Å². The first-order chi connectivity index (χ1) is 16.1. The molecule has 0 aliphatic carbocycles. The summed E-state index contributed by atoms with van der Waals surface area (Å²) in [5.41, 5.74) is 6.67. The molecule has 1 aliphatic rings. The lowest BCUT2D eigenvalue weighted by molar-refractivity contribution is 0.0971. The number of fused-ring (bicyclic) bond motifs is 2. The maximum atomic E-state index is 13.8. The Morgan fingerprint density at radius 1 is 0.824 bits per heavy atom. The fraction of sp³-hybridized carbons (Fsp3) is 0.267. The molecule has 172 valence electrons. The first-order valence-electron chi connectivity index (χ1n) is 11.6. The Kier molecular flexibility index (Phi) is 5.01. The van der Waals surface area contributed by atoms with E-state index in [1.54, 1.807) is 4.90 Å². The lowest BCUT2D eigenvalue weighted by Gasteiger charge is -2.26. The van der Waals surface area contributed by atoms with Crippen LogP contribution in [-0.4, -0.2) is 5.91 Å².